The SMILES string of the molecule is O=C(CN1C(=O)C2CCCN2C(=O)c2ccccc21)c1ccccc1. The quantitative estimate of drug-likeness (QED) is 0.811. The zero-order valence-corrected chi connectivity index (χ0v) is 13.7. The summed E-state index contributed by atoms with van der Waals surface area (Å²) in [6.45, 7) is 0.529. The molecule has 2 aromatic carbocycles. The molecule has 1 atom stereocenters. The van der Waals surface area contributed by atoms with Crippen molar-refractivity contribution in [2.24, 2.45) is 0 Å². The molecule has 0 aliphatic carbocycles. The maximum absolute atomic E-state index is 13.1. The Kier molecular flexibility index (Phi) is 3.84. The van der Waals surface area contributed by atoms with Gasteiger partial charge < -0.3 is 9.80 Å². The number of para-hydroxylation sites is 1. The molecule has 0 N–H and O–H groups in total. The Morgan fingerprint density at radius 3 is 2.52 bits per heavy atom. The fourth-order valence-corrected chi connectivity index (χ4v) is 3.63. The average molecular weight is 334 g/mol. The van der Waals surface area contributed by atoms with Crippen LogP contribution in [0.1, 0.15) is 33.6 Å². The highest BCUT2D eigenvalue weighted by Gasteiger charge is 2.42. The number of fused-ring (bicyclic) bond motifs is 2. The summed E-state index contributed by atoms with van der Waals surface area (Å²) in [5, 5.41) is 0. The van der Waals surface area contributed by atoms with Gasteiger partial charge in [0, 0.05) is 12.1 Å². The molecule has 2 amide bonds. The van der Waals surface area contributed by atoms with Crippen LogP contribution in [0.2, 0.25) is 0 Å². The topological polar surface area (TPSA) is 57.7 Å². The van der Waals surface area contributed by atoms with Crippen LogP contribution in [0.25, 0.3) is 0 Å². The van der Waals surface area contributed by atoms with Crippen LogP contribution < -0.4 is 4.90 Å². The molecule has 1 unspecified atom stereocenters. The lowest BCUT2D eigenvalue weighted by molar-refractivity contribution is -0.122. The van der Waals surface area contributed by atoms with Crippen molar-refractivity contribution >= 4 is 23.3 Å². The average Bonchev–Trinajstić information content (AvgIpc) is 3.13. The first kappa shape index (κ1) is 15.6. The van der Waals surface area contributed by atoms with Crippen LogP contribution in [-0.2, 0) is 4.79 Å². The number of nitrogens with zero attached hydrogens (tertiary/aromatic N) is 2. The number of ketones is 1. The van der Waals surface area contributed by atoms with Crippen molar-refractivity contribution in [2.45, 2.75) is 18.9 Å². The molecule has 0 bridgehead atoms. The van der Waals surface area contributed by atoms with E-state index >= 15 is 0 Å². The molecule has 4 rings (SSSR count). The fourth-order valence-electron chi connectivity index (χ4n) is 3.63. The molecule has 2 aromatic rings. The fraction of sp³-hybridized carbons (Fsp3) is 0.250. The molecule has 0 aromatic heterocycles. The number of rotatable bonds is 3. The largest absolute Gasteiger partial charge is 0.327 e. The van der Waals surface area contributed by atoms with E-state index in [1.165, 1.54) is 4.90 Å². The Labute approximate surface area is 145 Å². The van der Waals surface area contributed by atoms with Crippen LogP contribution in [0.15, 0.2) is 54.6 Å². The summed E-state index contributed by atoms with van der Waals surface area (Å²) in [5.74, 6) is -0.427. The number of Topliss-reactive ketones (excluding diaryl/α,β-unsaturated/α-hetero) is 1. The van der Waals surface area contributed by atoms with Crippen molar-refractivity contribution in [2.75, 3.05) is 18.0 Å². The zero-order chi connectivity index (χ0) is 17.4. The minimum atomic E-state index is -0.469. The van der Waals surface area contributed by atoms with E-state index in [2.05, 4.69) is 0 Å². The first-order valence-electron chi connectivity index (χ1n) is 8.46. The molecule has 126 valence electrons. The third-order valence-electron chi connectivity index (χ3n) is 4.89. The van der Waals surface area contributed by atoms with E-state index in [9.17, 15) is 14.4 Å². The number of hydrogen-bond acceptors (Lipinski definition) is 3. The van der Waals surface area contributed by atoms with Gasteiger partial charge in [0.05, 0.1) is 17.8 Å². The van der Waals surface area contributed by atoms with Gasteiger partial charge in [-0.15, -0.1) is 0 Å². The van der Waals surface area contributed by atoms with Gasteiger partial charge in [0.2, 0.25) is 5.91 Å². The van der Waals surface area contributed by atoms with Gasteiger partial charge in [0.1, 0.15) is 6.04 Å². The van der Waals surface area contributed by atoms with Crippen LogP contribution in [-0.4, -0.2) is 41.6 Å². The van der Waals surface area contributed by atoms with Gasteiger partial charge >= 0.3 is 0 Å². The van der Waals surface area contributed by atoms with Gasteiger partial charge in [0.25, 0.3) is 5.91 Å². The van der Waals surface area contributed by atoms with Gasteiger partial charge in [-0.2, -0.15) is 0 Å². The number of carbonyl (C=O) groups is 3. The highest BCUT2D eigenvalue weighted by atomic mass is 16.2. The lowest BCUT2D eigenvalue weighted by Gasteiger charge is -2.25. The van der Waals surface area contributed by atoms with Crippen LogP contribution in [0.5, 0.6) is 0 Å². The van der Waals surface area contributed by atoms with Gasteiger partial charge in [-0.1, -0.05) is 42.5 Å². The van der Waals surface area contributed by atoms with E-state index in [-0.39, 0.29) is 24.1 Å². The second kappa shape index (κ2) is 6.16. The molecule has 0 spiro atoms. The standard InChI is InChI=1S/C20H18N2O3/c23-18(14-7-2-1-3-8-14)13-22-16-10-5-4-9-15(16)19(24)21-12-6-11-17(21)20(22)25/h1-5,7-10,17H,6,11-13H2. The molecule has 1 fully saturated rings. The molecule has 1 saturated heterocycles. The summed E-state index contributed by atoms with van der Waals surface area (Å²) in [7, 11) is 0. The van der Waals surface area contributed by atoms with E-state index in [1.54, 1.807) is 53.4 Å². The van der Waals surface area contributed by atoms with Crippen LogP contribution in [0.3, 0.4) is 0 Å². The Morgan fingerprint density at radius 2 is 1.72 bits per heavy atom. The number of anilines is 1. The van der Waals surface area contributed by atoms with Crippen LogP contribution in [0, 0.1) is 0 Å². The lowest BCUT2D eigenvalue weighted by Crippen LogP contribution is -2.46. The molecule has 2 heterocycles. The highest BCUT2D eigenvalue weighted by Crippen LogP contribution is 2.32. The third-order valence-corrected chi connectivity index (χ3v) is 4.89. The second-order valence-corrected chi connectivity index (χ2v) is 6.39. The predicted octanol–water partition coefficient (Wildman–Crippen LogP) is 2.52. The number of hydrogen-bond donors (Lipinski definition) is 0. The van der Waals surface area contributed by atoms with Gasteiger partial charge in [-0.3, -0.25) is 14.4 Å². The van der Waals surface area contributed by atoms with E-state index in [0.29, 0.717) is 29.8 Å². The number of benzene rings is 2. The van der Waals surface area contributed by atoms with E-state index in [4.69, 9.17) is 0 Å². The Balaban J connectivity index is 1.74. The van der Waals surface area contributed by atoms with Crippen LogP contribution >= 0.6 is 0 Å². The normalized spacial score (nSPS) is 19.4. The monoisotopic (exact) mass is 334 g/mol. The molecule has 2 aliphatic rings. The van der Waals surface area contributed by atoms with Crippen molar-refractivity contribution in [1.82, 2.24) is 4.90 Å². The molecule has 25 heavy (non-hydrogen) atoms. The van der Waals surface area contributed by atoms with Crippen molar-refractivity contribution < 1.29 is 14.4 Å². The van der Waals surface area contributed by atoms with Gasteiger partial charge in [0.15, 0.2) is 5.78 Å². The minimum absolute atomic E-state index is 0.0581. The maximum Gasteiger partial charge on any atom is 0.256 e. The summed E-state index contributed by atoms with van der Waals surface area (Å²) in [6, 6.07) is 15.5. The highest BCUT2D eigenvalue weighted by molar-refractivity contribution is 6.14. The first-order valence-corrected chi connectivity index (χ1v) is 8.46. The molecule has 5 nitrogen and oxygen atoms in total. The Hall–Kier alpha value is -2.95. The summed E-state index contributed by atoms with van der Waals surface area (Å²) in [5.41, 5.74) is 1.57. The smallest absolute Gasteiger partial charge is 0.256 e. The molecular weight excluding hydrogens is 316 g/mol. The molecule has 0 radical (unpaired) electrons. The van der Waals surface area contributed by atoms with Crippen molar-refractivity contribution in [3.8, 4) is 0 Å². The van der Waals surface area contributed by atoms with Gasteiger partial charge in [-0.25, -0.2) is 0 Å². The lowest BCUT2D eigenvalue weighted by atomic mass is 10.1. The second-order valence-electron chi connectivity index (χ2n) is 6.39. The minimum Gasteiger partial charge on any atom is -0.327 e. The number of carbonyl (C=O) groups excluding carboxylic acids is 3. The van der Waals surface area contributed by atoms with E-state index in [0.717, 1.165) is 6.42 Å². The molecular formula is C20H18N2O3. The molecule has 5 heteroatoms. The summed E-state index contributed by atoms with van der Waals surface area (Å²) in [4.78, 5) is 41.7. The van der Waals surface area contributed by atoms with Crippen molar-refractivity contribution in [3.05, 3.63) is 65.7 Å². The van der Waals surface area contributed by atoms with E-state index < -0.39 is 6.04 Å². The molecule has 2 aliphatic heterocycles. The van der Waals surface area contributed by atoms with Gasteiger partial charge in [-0.05, 0) is 25.0 Å². The maximum atomic E-state index is 13.1. The summed E-state index contributed by atoms with van der Waals surface area (Å²) < 4.78 is 0. The predicted molar refractivity (Wildman–Crippen MR) is 93.6 cm³/mol. The zero-order valence-electron chi connectivity index (χ0n) is 13.7. The number of amides is 2. The summed E-state index contributed by atoms with van der Waals surface area (Å²) in [6.07, 6.45) is 1.46. The Bertz CT molecular complexity index is 847. The van der Waals surface area contributed by atoms with Crippen molar-refractivity contribution in [1.29, 1.82) is 0 Å². The van der Waals surface area contributed by atoms with E-state index in [1.807, 2.05) is 6.07 Å². The first-order chi connectivity index (χ1) is 12.2. The Morgan fingerprint density at radius 1 is 1.00 bits per heavy atom. The third kappa shape index (κ3) is 2.61. The summed E-state index contributed by atoms with van der Waals surface area (Å²) >= 11 is 0. The molecule has 0 saturated carbocycles. The van der Waals surface area contributed by atoms with Crippen molar-refractivity contribution in [3.63, 3.8) is 0 Å². The van der Waals surface area contributed by atoms with Crippen LogP contribution in [0.4, 0.5) is 5.69 Å².